The molecule has 1 aliphatic rings. The topological polar surface area (TPSA) is 42.4 Å². The molecule has 94 valence electrons. The fourth-order valence-electron chi connectivity index (χ4n) is 1.92. The summed E-state index contributed by atoms with van der Waals surface area (Å²) in [5.74, 6) is 0.379. The number of alkyl halides is 1. The number of amides is 1. The number of hydrogen-bond donors (Lipinski definition) is 0. The SMILES string of the molecule is Cc1nc(C(=O)N2CC(C)OC(CCl)C2)cs1. The second-order valence-corrected chi connectivity index (χ2v) is 5.56. The average molecular weight is 275 g/mol. The number of hydrogen-bond acceptors (Lipinski definition) is 4. The summed E-state index contributed by atoms with van der Waals surface area (Å²) >= 11 is 7.28. The molecule has 0 radical (unpaired) electrons. The molecule has 2 heterocycles. The number of halogens is 1. The third-order valence-corrected chi connectivity index (χ3v) is 3.74. The van der Waals surface area contributed by atoms with Gasteiger partial charge in [-0.15, -0.1) is 22.9 Å². The molecule has 1 fully saturated rings. The maximum absolute atomic E-state index is 12.2. The van der Waals surface area contributed by atoms with Crippen molar-refractivity contribution in [2.24, 2.45) is 0 Å². The van der Waals surface area contributed by atoms with E-state index in [9.17, 15) is 4.79 Å². The van der Waals surface area contributed by atoms with Gasteiger partial charge in [0.2, 0.25) is 0 Å². The van der Waals surface area contributed by atoms with Crippen LogP contribution in [0.15, 0.2) is 5.38 Å². The first-order valence-corrected chi connectivity index (χ1v) is 6.94. The van der Waals surface area contributed by atoms with E-state index in [0.717, 1.165) is 5.01 Å². The number of aryl methyl sites for hydroxylation is 1. The van der Waals surface area contributed by atoms with Crippen LogP contribution < -0.4 is 0 Å². The molecule has 2 rings (SSSR count). The molecule has 1 aliphatic heterocycles. The van der Waals surface area contributed by atoms with Gasteiger partial charge in [0.1, 0.15) is 5.69 Å². The van der Waals surface area contributed by atoms with Gasteiger partial charge in [-0.1, -0.05) is 0 Å². The molecule has 0 saturated carbocycles. The number of morpholine rings is 1. The van der Waals surface area contributed by atoms with Gasteiger partial charge < -0.3 is 9.64 Å². The van der Waals surface area contributed by atoms with E-state index in [2.05, 4.69) is 4.98 Å². The molecule has 4 nitrogen and oxygen atoms in total. The molecule has 6 heteroatoms. The van der Waals surface area contributed by atoms with Crippen molar-refractivity contribution in [2.45, 2.75) is 26.1 Å². The minimum atomic E-state index is -0.0795. The second kappa shape index (κ2) is 5.33. The molecule has 0 aromatic carbocycles. The minimum Gasteiger partial charge on any atom is -0.370 e. The van der Waals surface area contributed by atoms with Crippen LogP contribution in [0.2, 0.25) is 0 Å². The highest BCUT2D eigenvalue weighted by Crippen LogP contribution is 2.16. The molecule has 17 heavy (non-hydrogen) atoms. The third kappa shape index (κ3) is 2.97. The second-order valence-electron chi connectivity index (χ2n) is 4.18. The van der Waals surface area contributed by atoms with Crippen LogP contribution in [0, 0.1) is 6.92 Å². The van der Waals surface area contributed by atoms with Crippen molar-refractivity contribution in [3.8, 4) is 0 Å². The predicted octanol–water partition coefficient (Wildman–Crippen LogP) is 1.92. The van der Waals surface area contributed by atoms with Gasteiger partial charge in [-0.2, -0.15) is 0 Å². The Labute approximate surface area is 110 Å². The maximum atomic E-state index is 12.2. The fourth-order valence-corrected chi connectivity index (χ4v) is 2.68. The number of carbonyl (C=O) groups is 1. The lowest BCUT2D eigenvalue weighted by molar-refractivity contribution is -0.0571. The lowest BCUT2D eigenvalue weighted by Gasteiger charge is -2.35. The Hall–Kier alpha value is -0.650. The number of ether oxygens (including phenoxy) is 1. The fraction of sp³-hybridized carbons (Fsp3) is 0.636. The van der Waals surface area contributed by atoms with Gasteiger partial charge in [0.15, 0.2) is 0 Å². The summed E-state index contributed by atoms with van der Waals surface area (Å²) in [5, 5.41) is 2.71. The van der Waals surface area contributed by atoms with Crippen molar-refractivity contribution in [1.29, 1.82) is 0 Å². The van der Waals surface area contributed by atoms with E-state index in [1.54, 1.807) is 10.3 Å². The highest BCUT2D eigenvalue weighted by atomic mass is 35.5. The molecule has 1 saturated heterocycles. The summed E-state index contributed by atoms with van der Waals surface area (Å²) in [7, 11) is 0. The van der Waals surface area contributed by atoms with Gasteiger partial charge in [-0.25, -0.2) is 4.98 Å². The van der Waals surface area contributed by atoms with Gasteiger partial charge in [-0.3, -0.25) is 4.79 Å². The molecule has 0 N–H and O–H groups in total. The van der Waals surface area contributed by atoms with Gasteiger partial charge >= 0.3 is 0 Å². The van der Waals surface area contributed by atoms with Crippen LogP contribution in [0.25, 0.3) is 0 Å². The largest absolute Gasteiger partial charge is 0.370 e. The number of nitrogens with zero attached hydrogens (tertiary/aromatic N) is 2. The van der Waals surface area contributed by atoms with Crippen molar-refractivity contribution in [3.63, 3.8) is 0 Å². The predicted molar refractivity (Wildman–Crippen MR) is 67.8 cm³/mol. The van der Waals surface area contributed by atoms with E-state index in [1.807, 2.05) is 13.8 Å². The van der Waals surface area contributed by atoms with Gasteiger partial charge in [0, 0.05) is 18.5 Å². The summed E-state index contributed by atoms with van der Waals surface area (Å²) in [4.78, 5) is 18.2. The molecule has 0 spiro atoms. The zero-order valence-corrected chi connectivity index (χ0v) is 11.4. The molecule has 1 amide bonds. The van der Waals surface area contributed by atoms with Crippen molar-refractivity contribution >= 4 is 28.8 Å². The highest BCUT2D eigenvalue weighted by Gasteiger charge is 2.29. The molecule has 0 aliphatic carbocycles. The van der Waals surface area contributed by atoms with E-state index < -0.39 is 0 Å². The Morgan fingerprint density at radius 2 is 2.47 bits per heavy atom. The minimum absolute atomic E-state index is 0.0242. The van der Waals surface area contributed by atoms with Gasteiger partial charge in [-0.05, 0) is 13.8 Å². The molecule has 0 bridgehead atoms. The van der Waals surface area contributed by atoms with E-state index in [0.29, 0.717) is 24.7 Å². The third-order valence-electron chi connectivity index (χ3n) is 2.62. The molecular formula is C11H15ClN2O2S. The van der Waals surface area contributed by atoms with Crippen LogP contribution in [0.5, 0.6) is 0 Å². The molecule has 1 aromatic rings. The Bertz CT molecular complexity index is 410. The standard InChI is InChI=1S/C11H15ClN2O2S/c1-7-4-14(5-9(3-12)16-7)11(15)10-6-17-8(2)13-10/h6-7,9H,3-5H2,1-2H3. The number of thiazole rings is 1. The Morgan fingerprint density at radius 1 is 1.71 bits per heavy atom. The van der Waals surface area contributed by atoms with Crippen LogP contribution in [0.1, 0.15) is 22.4 Å². The summed E-state index contributed by atoms with van der Waals surface area (Å²) in [6, 6.07) is 0. The van der Waals surface area contributed by atoms with Gasteiger partial charge in [0.25, 0.3) is 5.91 Å². The first-order valence-electron chi connectivity index (χ1n) is 5.53. The summed E-state index contributed by atoms with van der Waals surface area (Å²) < 4.78 is 5.61. The average Bonchev–Trinajstić information content (AvgIpc) is 2.74. The van der Waals surface area contributed by atoms with Crippen LogP contribution in [0.3, 0.4) is 0 Å². The number of carbonyl (C=O) groups excluding carboxylic acids is 1. The van der Waals surface area contributed by atoms with E-state index in [-0.39, 0.29) is 18.1 Å². The Kier molecular flexibility index (Phi) is 4.01. The number of aromatic nitrogens is 1. The highest BCUT2D eigenvalue weighted by molar-refractivity contribution is 7.09. The summed E-state index contributed by atoms with van der Waals surface area (Å²) in [6.45, 7) is 4.99. The summed E-state index contributed by atoms with van der Waals surface area (Å²) in [5.41, 5.74) is 0.523. The van der Waals surface area contributed by atoms with Gasteiger partial charge in [0.05, 0.1) is 23.1 Å². The monoisotopic (exact) mass is 274 g/mol. The van der Waals surface area contributed by atoms with E-state index >= 15 is 0 Å². The molecule has 1 aromatic heterocycles. The smallest absolute Gasteiger partial charge is 0.273 e. The lowest BCUT2D eigenvalue weighted by Crippen LogP contribution is -2.49. The van der Waals surface area contributed by atoms with Crippen molar-refractivity contribution in [2.75, 3.05) is 19.0 Å². The van der Waals surface area contributed by atoms with Crippen molar-refractivity contribution in [3.05, 3.63) is 16.1 Å². The van der Waals surface area contributed by atoms with Crippen LogP contribution in [-0.2, 0) is 4.74 Å². The maximum Gasteiger partial charge on any atom is 0.273 e. The van der Waals surface area contributed by atoms with E-state index in [4.69, 9.17) is 16.3 Å². The normalized spacial score (nSPS) is 25.0. The zero-order chi connectivity index (χ0) is 12.4. The molecule has 2 unspecified atom stereocenters. The van der Waals surface area contributed by atoms with Crippen LogP contribution in [0.4, 0.5) is 0 Å². The van der Waals surface area contributed by atoms with Crippen LogP contribution >= 0.6 is 22.9 Å². The first kappa shape index (κ1) is 12.8. The Balaban J connectivity index is 2.08. The first-order chi connectivity index (χ1) is 8.10. The van der Waals surface area contributed by atoms with E-state index in [1.165, 1.54) is 11.3 Å². The molecule has 2 atom stereocenters. The lowest BCUT2D eigenvalue weighted by atomic mass is 10.2. The van der Waals surface area contributed by atoms with Crippen molar-refractivity contribution in [1.82, 2.24) is 9.88 Å². The Morgan fingerprint density at radius 3 is 3.06 bits per heavy atom. The quantitative estimate of drug-likeness (QED) is 0.774. The zero-order valence-electron chi connectivity index (χ0n) is 9.85. The van der Waals surface area contributed by atoms with Crippen LogP contribution in [-0.4, -0.2) is 47.0 Å². The number of rotatable bonds is 2. The molecular weight excluding hydrogens is 260 g/mol. The van der Waals surface area contributed by atoms with Crippen molar-refractivity contribution < 1.29 is 9.53 Å². The summed E-state index contributed by atoms with van der Waals surface area (Å²) in [6.07, 6.45) is -0.0553.